The molecule has 0 heterocycles. The van der Waals surface area contributed by atoms with E-state index in [1.807, 2.05) is 0 Å². The largest absolute Gasteiger partial charge is 1.00 e. The van der Waals surface area contributed by atoms with Gasteiger partial charge in [-0.05, 0) is 0 Å². The van der Waals surface area contributed by atoms with Gasteiger partial charge in [0.25, 0.3) is 0 Å². The van der Waals surface area contributed by atoms with Gasteiger partial charge in [0.15, 0.2) is 0 Å². The van der Waals surface area contributed by atoms with Crippen LogP contribution >= 0.6 is 0 Å². The molecule has 4 heteroatoms. The van der Waals surface area contributed by atoms with Crippen molar-refractivity contribution in [3.63, 3.8) is 0 Å². The molecule has 0 aliphatic heterocycles. The fraction of sp³-hybridized carbons (Fsp3) is 0.200. The van der Waals surface area contributed by atoms with Gasteiger partial charge in [-0.15, -0.1) is 0 Å². The predicted octanol–water partition coefficient (Wildman–Crippen LogP) is -1.95. The molecule has 0 fully saturated rings. The molecule has 2 aromatic carbocycles. The van der Waals surface area contributed by atoms with E-state index in [-0.39, 0.29) is 24.8 Å². The van der Waals surface area contributed by atoms with Crippen LogP contribution in [-0.2, 0) is 26.4 Å². The minimum absolute atomic E-state index is 0. The van der Waals surface area contributed by atoms with Crippen molar-refractivity contribution in [3.05, 3.63) is 82.9 Å². The Kier molecular flexibility index (Phi) is 5.86. The number of benzene rings is 2. The van der Waals surface area contributed by atoms with Gasteiger partial charge in [-0.1, -0.05) is 0 Å². The van der Waals surface area contributed by atoms with Gasteiger partial charge in [0.05, 0.1) is 0 Å². The van der Waals surface area contributed by atoms with E-state index < -0.39 is 20.1 Å². The third kappa shape index (κ3) is 2.76. The Morgan fingerprint density at radius 1 is 0.708 bits per heavy atom. The maximum Gasteiger partial charge on any atom is -1.00 e. The third-order valence-corrected chi connectivity index (χ3v) is 29.7. The van der Waals surface area contributed by atoms with Gasteiger partial charge in [-0.25, -0.2) is 0 Å². The first-order chi connectivity index (χ1) is 10.6. The summed E-state index contributed by atoms with van der Waals surface area (Å²) in [5.41, 5.74) is 5.98. The molecule has 4 rings (SSSR count). The first-order valence-corrected chi connectivity index (χ1v) is 19.8. The van der Waals surface area contributed by atoms with Crippen molar-refractivity contribution in [2.24, 2.45) is 0 Å². The van der Waals surface area contributed by atoms with Crippen molar-refractivity contribution in [2.45, 2.75) is 20.2 Å². The molecule has 0 saturated heterocycles. The van der Waals surface area contributed by atoms with Crippen LogP contribution in [0.3, 0.4) is 0 Å². The zero-order chi connectivity index (χ0) is 15.4. The van der Waals surface area contributed by atoms with Crippen LogP contribution in [0, 0.1) is 0 Å². The minimum atomic E-state index is -2.05. The average Bonchev–Trinajstić information content (AvgIpc) is 3.08. The SMILES string of the molecule is C[C]1([Hf+2](=[SiH2])[C]2(C)C=Cc3ccccc32)C=Cc2ccccc21.[Cl-].[Cl-]. The van der Waals surface area contributed by atoms with Crippen LogP contribution in [-0.4, -0.2) is 6.94 Å². The van der Waals surface area contributed by atoms with E-state index in [0.717, 1.165) is 0 Å². The molecule has 2 aromatic rings. The summed E-state index contributed by atoms with van der Waals surface area (Å²) in [6, 6.07) is 17.9. The van der Waals surface area contributed by atoms with Gasteiger partial charge in [0.2, 0.25) is 0 Å². The van der Waals surface area contributed by atoms with Crippen LogP contribution in [0.1, 0.15) is 36.1 Å². The van der Waals surface area contributed by atoms with Crippen molar-refractivity contribution in [1.29, 1.82) is 0 Å². The topological polar surface area (TPSA) is 0 Å². The van der Waals surface area contributed by atoms with E-state index >= 15 is 0 Å². The zero-order valence-electron chi connectivity index (χ0n) is 13.9. The molecule has 0 N–H and O–H groups in total. The molecule has 24 heavy (non-hydrogen) atoms. The van der Waals surface area contributed by atoms with Gasteiger partial charge in [0.1, 0.15) is 0 Å². The molecule has 2 aliphatic carbocycles. The summed E-state index contributed by atoms with van der Waals surface area (Å²) >= 11 is -2.05. The fourth-order valence-electron chi connectivity index (χ4n) is 3.99. The minimum Gasteiger partial charge on any atom is -1.00 e. The van der Waals surface area contributed by atoms with Crippen molar-refractivity contribution >= 4 is 19.1 Å². The Balaban J connectivity index is 0.00000104. The van der Waals surface area contributed by atoms with E-state index in [9.17, 15) is 0 Å². The van der Waals surface area contributed by atoms with Gasteiger partial charge in [-0.2, -0.15) is 0 Å². The van der Waals surface area contributed by atoms with E-state index in [2.05, 4.69) is 93.6 Å². The smallest absolute Gasteiger partial charge is 1.00 e. The summed E-state index contributed by atoms with van der Waals surface area (Å²) in [7, 11) is 0. The molecule has 0 spiro atoms. The Bertz CT molecular complexity index is 789. The molecule has 2 aliphatic rings. The predicted molar refractivity (Wildman–Crippen MR) is 94.2 cm³/mol. The molecule has 0 nitrogen and oxygen atoms in total. The molecular formula is C20H20Cl2HfSi. The molecule has 122 valence electrons. The van der Waals surface area contributed by atoms with Gasteiger partial charge in [-0.3, -0.25) is 0 Å². The van der Waals surface area contributed by atoms with Crippen LogP contribution in [0.4, 0.5) is 0 Å². The quantitative estimate of drug-likeness (QED) is 0.391. The normalized spacial score (nSPS) is 25.0. The van der Waals surface area contributed by atoms with Crippen LogP contribution < -0.4 is 24.8 Å². The van der Waals surface area contributed by atoms with Crippen molar-refractivity contribution in [1.82, 2.24) is 0 Å². The second-order valence-corrected chi connectivity index (χ2v) is 23.4. The van der Waals surface area contributed by atoms with Gasteiger partial charge >= 0.3 is 142 Å². The Morgan fingerprint density at radius 2 is 1.08 bits per heavy atom. The molecule has 0 amide bonds. The number of allylic oxidation sites excluding steroid dienone is 2. The van der Waals surface area contributed by atoms with Crippen LogP contribution in [0.2, 0.25) is 0 Å². The standard InChI is InChI=1S/2C10H9.2ClH.Hf.H2Si/c2*1-8-6-7-9-4-2-3-5-10(8)9;;;;/h2*2-7H,1H3;2*1H;;1H2/q;;;;+2;/p-2. The summed E-state index contributed by atoms with van der Waals surface area (Å²) in [6.07, 6.45) is 9.71. The first-order valence-electron chi connectivity index (χ1n) is 7.83. The van der Waals surface area contributed by atoms with Crippen molar-refractivity contribution in [2.75, 3.05) is 0 Å². The number of halogens is 2. The number of rotatable bonds is 2. The molecular weight excluding hydrogens is 518 g/mol. The van der Waals surface area contributed by atoms with Crippen molar-refractivity contribution < 1.29 is 44.9 Å². The Labute approximate surface area is 166 Å². The molecule has 0 saturated carbocycles. The van der Waals surface area contributed by atoms with Gasteiger partial charge < -0.3 is 24.8 Å². The fourth-order valence-corrected chi connectivity index (χ4v) is 18.9. The molecule has 2 atom stereocenters. The molecule has 0 aromatic heterocycles. The van der Waals surface area contributed by atoms with Crippen LogP contribution in [0.5, 0.6) is 0 Å². The summed E-state index contributed by atoms with van der Waals surface area (Å²) in [5.74, 6) is 0. The number of hydrogen-bond donors (Lipinski definition) is 0. The van der Waals surface area contributed by atoms with Crippen LogP contribution in [0.25, 0.3) is 12.2 Å². The second-order valence-electron chi connectivity index (χ2n) is 6.72. The van der Waals surface area contributed by atoms with E-state index in [4.69, 9.17) is 0 Å². The number of hydrogen-bond acceptors (Lipinski definition) is 0. The van der Waals surface area contributed by atoms with E-state index in [1.165, 1.54) is 11.1 Å². The maximum atomic E-state index is 2.51. The summed E-state index contributed by atoms with van der Waals surface area (Å²) < 4.78 is 0.604. The first kappa shape index (κ1) is 19.9. The molecule has 0 radical (unpaired) electrons. The molecule has 2 unspecified atom stereocenters. The Morgan fingerprint density at radius 3 is 1.50 bits per heavy atom. The van der Waals surface area contributed by atoms with Crippen molar-refractivity contribution in [3.8, 4) is 0 Å². The number of fused-ring (bicyclic) bond motifs is 2. The zero-order valence-corrected chi connectivity index (χ0v) is 20.4. The maximum absolute atomic E-state index is 2.51. The average molecular weight is 538 g/mol. The Hall–Kier alpha value is -0.413. The monoisotopic (exact) mass is 538 g/mol. The van der Waals surface area contributed by atoms with E-state index in [0.29, 0.717) is 6.34 Å². The summed E-state index contributed by atoms with van der Waals surface area (Å²) in [5, 5.41) is 0. The molecule has 0 bridgehead atoms. The summed E-state index contributed by atoms with van der Waals surface area (Å²) in [6.45, 7) is 7.35. The van der Waals surface area contributed by atoms with E-state index in [1.54, 1.807) is 11.1 Å². The van der Waals surface area contributed by atoms with Crippen LogP contribution in [0.15, 0.2) is 60.7 Å². The van der Waals surface area contributed by atoms with Gasteiger partial charge in [0, 0.05) is 0 Å². The second kappa shape index (κ2) is 7.07. The third-order valence-electron chi connectivity index (χ3n) is 5.49. The summed E-state index contributed by atoms with van der Waals surface area (Å²) in [4.78, 5) is 0.